The maximum absolute atomic E-state index is 13.8. The van der Waals surface area contributed by atoms with E-state index in [2.05, 4.69) is 0 Å². The number of benzene rings is 2. The Hall–Kier alpha value is -1.97. The first-order valence-corrected chi connectivity index (χ1v) is 5.89. The Bertz CT molecular complexity index is 620. The number of phenols is 3. The molecule has 3 N–H and O–H groups in total. The average molecular weight is 250 g/mol. The highest BCUT2D eigenvalue weighted by Gasteiger charge is 2.20. The van der Waals surface area contributed by atoms with Gasteiger partial charge in [0.25, 0.3) is 0 Å². The van der Waals surface area contributed by atoms with Crippen molar-refractivity contribution in [3.05, 3.63) is 29.1 Å². The molecule has 2 rings (SSSR count). The molecule has 0 aromatic heterocycles. The van der Waals surface area contributed by atoms with Crippen LogP contribution in [0.25, 0.3) is 10.8 Å². The second-order valence-electron chi connectivity index (χ2n) is 4.18. The maximum Gasteiger partial charge on any atom is 0.201 e. The predicted octanol–water partition coefficient (Wildman–Crippen LogP) is 3.22. The van der Waals surface area contributed by atoms with Crippen LogP contribution in [0.15, 0.2) is 12.1 Å². The highest BCUT2D eigenvalue weighted by Crippen LogP contribution is 2.46. The van der Waals surface area contributed by atoms with E-state index in [4.69, 9.17) is 0 Å². The molecule has 96 valence electrons. The number of fused-ring (bicyclic) bond motifs is 1. The first kappa shape index (κ1) is 12.5. The molecule has 2 aromatic carbocycles. The Morgan fingerprint density at radius 3 is 2.06 bits per heavy atom. The van der Waals surface area contributed by atoms with Gasteiger partial charge in [0.05, 0.1) is 0 Å². The monoisotopic (exact) mass is 250 g/mol. The van der Waals surface area contributed by atoms with E-state index < -0.39 is 11.5 Å². The van der Waals surface area contributed by atoms with Gasteiger partial charge in [-0.3, -0.25) is 0 Å². The summed E-state index contributed by atoms with van der Waals surface area (Å²) in [5.74, 6) is -1.70. The molecule has 0 amide bonds. The zero-order chi connectivity index (χ0) is 13.4. The lowest BCUT2D eigenvalue weighted by molar-refractivity contribution is 0.369. The smallest absolute Gasteiger partial charge is 0.201 e. The molecule has 0 aliphatic rings. The van der Waals surface area contributed by atoms with Crippen molar-refractivity contribution in [3.8, 4) is 17.2 Å². The summed E-state index contributed by atoms with van der Waals surface area (Å²) in [6.45, 7) is 3.60. The normalized spacial score (nSPS) is 11.1. The molecule has 18 heavy (non-hydrogen) atoms. The van der Waals surface area contributed by atoms with Crippen LogP contribution >= 0.6 is 0 Å². The lowest BCUT2D eigenvalue weighted by Gasteiger charge is -2.15. The van der Waals surface area contributed by atoms with Crippen LogP contribution in [0.2, 0.25) is 0 Å². The summed E-state index contributed by atoms with van der Waals surface area (Å²) < 4.78 is 13.8. The minimum atomic E-state index is -0.548. The maximum atomic E-state index is 13.8. The number of hydrogen-bond acceptors (Lipinski definition) is 3. The van der Waals surface area contributed by atoms with Gasteiger partial charge in [0, 0.05) is 10.9 Å². The summed E-state index contributed by atoms with van der Waals surface area (Å²) in [4.78, 5) is 0. The van der Waals surface area contributed by atoms with Crippen LogP contribution in [0.4, 0.5) is 4.39 Å². The minimum absolute atomic E-state index is 0.361. The summed E-state index contributed by atoms with van der Waals surface area (Å²) in [5, 5.41) is 30.2. The third kappa shape index (κ3) is 1.56. The first-order valence-electron chi connectivity index (χ1n) is 5.89. The molecule has 0 atom stereocenters. The molecule has 0 saturated heterocycles. The fraction of sp³-hybridized carbons (Fsp3) is 0.286. The van der Waals surface area contributed by atoms with Crippen LogP contribution in [0, 0.1) is 5.82 Å². The van der Waals surface area contributed by atoms with Gasteiger partial charge in [0.1, 0.15) is 5.82 Å². The van der Waals surface area contributed by atoms with Crippen LogP contribution in [0.3, 0.4) is 0 Å². The van der Waals surface area contributed by atoms with Crippen LogP contribution in [-0.4, -0.2) is 15.3 Å². The SMILES string of the molecule is CCc1c(F)ccc2c(O)c(O)c(O)c(CC)c12. The number of aromatic hydroxyl groups is 3. The molecule has 0 fully saturated rings. The average Bonchev–Trinajstić information content (AvgIpc) is 2.37. The van der Waals surface area contributed by atoms with Gasteiger partial charge < -0.3 is 15.3 Å². The Morgan fingerprint density at radius 2 is 1.50 bits per heavy atom. The zero-order valence-electron chi connectivity index (χ0n) is 10.3. The zero-order valence-corrected chi connectivity index (χ0v) is 10.3. The highest BCUT2D eigenvalue weighted by atomic mass is 19.1. The van der Waals surface area contributed by atoms with Gasteiger partial charge in [-0.25, -0.2) is 4.39 Å². The van der Waals surface area contributed by atoms with E-state index in [9.17, 15) is 19.7 Å². The van der Waals surface area contributed by atoms with Crippen molar-refractivity contribution < 1.29 is 19.7 Å². The molecular weight excluding hydrogens is 235 g/mol. The van der Waals surface area contributed by atoms with E-state index in [0.29, 0.717) is 34.7 Å². The summed E-state index contributed by atoms with van der Waals surface area (Å²) in [6.07, 6.45) is 0.881. The second kappa shape index (κ2) is 4.37. The summed E-state index contributed by atoms with van der Waals surface area (Å²) in [5.41, 5.74) is 0.895. The fourth-order valence-corrected chi connectivity index (χ4v) is 2.36. The van der Waals surface area contributed by atoms with Crippen molar-refractivity contribution in [1.29, 1.82) is 0 Å². The standard InChI is InChI=1S/C14H15FO3/c1-3-7-10(15)6-5-9-11(7)8(4-2)12(16)14(18)13(9)17/h5-6,16-18H,3-4H2,1-2H3. The number of aryl methyl sites for hydroxylation is 2. The molecule has 3 nitrogen and oxygen atoms in total. The third-order valence-electron chi connectivity index (χ3n) is 3.25. The quantitative estimate of drug-likeness (QED) is 0.717. The van der Waals surface area contributed by atoms with Crippen LogP contribution < -0.4 is 0 Å². The predicted molar refractivity (Wildman–Crippen MR) is 67.7 cm³/mol. The molecule has 0 saturated carbocycles. The van der Waals surface area contributed by atoms with Crippen molar-refractivity contribution in [2.24, 2.45) is 0 Å². The first-order chi connectivity index (χ1) is 8.52. The summed E-state index contributed by atoms with van der Waals surface area (Å²) in [7, 11) is 0. The van der Waals surface area contributed by atoms with E-state index in [1.54, 1.807) is 13.8 Å². The van der Waals surface area contributed by atoms with Crippen molar-refractivity contribution in [2.75, 3.05) is 0 Å². The lowest BCUT2D eigenvalue weighted by atomic mass is 9.94. The van der Waals surface area contributed by atoms with Crippen LogP contribution in [0.1, 0.15) is 25.0 Å². The molecule has 0 bridgehead atoms. The Balaban J connectivity index is 3.06. The van der Waals surface area contributed by atoms with E-state index >= 15 is 0 Å². The van der Waals surface area contributed by atoms with Gasteiger partial charge in [0.15, 0.2) is 11.5 Å². The highest BCUT2D eigenvalue weighted by molar-refractivity contribution is 5.98. The fourth-order valence-electron chi connectivity index (χ4n) is 2.36. The van der Waals surface area contributed by atoms with Gasteiger partial charge in [-0.1, -0.05) is 13.8 Å². The van der Waals surface area contributed by atoms with E-state index in [0.717, 1.165) is 0 Å². The summed E-state index contributed by atoms with van der Waals surface area (Å²) in [6, 6.07) is 2.67. The van der Waals surface area contributed by atoms with Crippen LogP contribution in [0.5, 0.6) is 17.2 Å². The second-order valence-corrected chi connectivity index (χ2v) is 4.18. The number of hydrogen-bond donors (Lipinski definition) is 3. The van der Waals surface area contributed by atoms with Gasteiger partial charge in [-0.15, -0.1) is 0 Å². The van der Waals surface area contributed by atoms with Crippen molar-refractivity contribution in [2.45, 2.75) is 26.7 Å². The van der Waals surface area contributed by atoms with Crippen molar-refractivity contribution in [3.63, 3.8) is 0 Å². The van der Waals surface area contributed by atoms with Gasteiger partial charge >= 0.3 is 0 Å². The molecule has 0 unspecified atom stereocenters. The number of halogens is 1. The van der Waals surface area contributed by atoms with Gasteiger partial charge in [-0.2, -0.15) is 0 Å². The Labute approximate surface area is 104 Å². The molecular formula is C14H15FO3. The van der Waals surface area contributed by atoms with E-state index in [1.807, 2.05) is 0 Å². The molecule has 0 heterocycles. The van der Waals surface area contributed by atoms with E-state index in [1.165, 1.54) is 12.1 Å². The molecule has 4 heteroatoms. The van der Waals surface area contributed by atoms with E-state index in [-0.39, 0.29) is 11.6 Å². The number of rotatable bonds is 2. The molecule has 0 aliphatic heterocycles. The molecule has 0 spiro atoms. The van der Waals surface area contributed by atoms with Gasteiger partial charge in [0.2, 0.25) is 5.75 Å². The minimum Gasteiger partial charge on any atom is -0.504 e. The van der Waals surface area contributed by atoms with Crippen molar-refractivity contribution >= 4 is 10.8 Å². The molecule has 0 aliphatic carbocycles. The van der Waals surface area contributed by atoms with Gasteiger partial charge in [-0.05, 0) is 35.9 Å². The van der Waals surface area contributed by atoms with Crippen LogP contribution in [-0.2, 0) is 12.8 Å². The lowest BCUT2D eigenvalue weighted by Crippen LogP contribution is -1.95. The largest absolute Gasteiger partial charge is 0.504 e. The molecule has 0 radical (unpaired) electrons. The Morgan fingerprint density at radius 1 is 0.889 bits per heavy atom. The number of phenolic OH excluding ortho intramolecular Hbond substituents is 3. The summed E-state index contributed by atoms with van der Waals surface area (Å²) >= 11 is 0. The van der Waals surface area contributed by atoms with Crippen molar-refractivity contribution in [1.82, 2.24) is 0 Å². The molecule has 2 aromatic rings. The Kier molecular flexibility index (Phi) is 3.03. The topological polar surface area (TPSA) is 60.7 Å². The third-order valence-corrected chi connectivity index (χ3v) is 3.25.